The van der Waals surface area contributed by atoms with Crippen molar-refractivity contribution in [1.29, 1.82) is 0 Å². The molecule has 0 unspecified atom stereocenters. The first-order chi connectivity index (χ1) is 13.5. The van der Waals surface area contributed by atoms with Crippen LogP contribution in [0, 0.1) is 0 Å². The van der Waals surface area contributed by atoms with Gasteiger partial charge >= 0.3 is 11.8 Å². The molecule has 1 aliphatic heterocycles. The number of benzene rings is 2. The van der Waals surface area contributed by atoms with Crippen LogP contribution in [0.5, 0.6) is 11.5 Å². The normalized spacial score (nSPS) is 12.2. The molecule has 144 valence electrons. The number of hydrogen-bond acceptors (Lipinski definition) is 6. The van der Waals surface area contributed by atoms with Gasteiger partial charge in [0, 0.05) is 23.2 Å². The quantitative estimate of drug-likeness (QED) is 0.414. The minimum atomic E-state index is -0.931. The zero-order valence-electron chi connectivity index (χ0n) is 15.0. The number of rotatable bonds is 5. The van der Waals surface area contributed by atoms with E-state index in [2.05, 4.69) is 21.2 Å². The highest BCUT2D eigenvalue weighted by atomic mass is 16.7. The fraction of sp³-hybridized carbons (Fsp3) is 0.158. The molecule has 3 amide bonds. The molecule has 0 radical (unpaired) electrons. The van der Waals surface area contributed by atoms with E-state index in [1.807, 2.05) is 0 Å². The van der Waals surface area contributed by atoms with Gasteiger partial charge in [-0.3, -0.25) is 14.4 Å². The van der Waals surface area contributed by atoms with Crippen LogP contribution in [0.2, 0.25) is 0 Å². The van der Waals surface area contributed by atoms with Crippen molar-refractivity contribution in [3.05, 3.63) is 48.5 Å². The van der Waals surface area contributed by atoms with Crippen LogP contribution in [0.3, 0.4) is 0 Å². The number of fused-ring (bicyclic) bond motifs is 1. The molecule has 0 spiro atoms. The van der Waals surface area contributed by atoms with Gasteiger partial charge in [-0.2, -0.15) is 5.10 Å². The molecule has 0 aromatic heterocycles. The van der Waals surface area contributed by atoms with Gasteiger partial charge in [0.25, 0.3) is 0 Å². The lowest BCUT2D eigenvalue weighted by molar-refractivity contribution is -0.136. The minimum absolute atomic E-state index is 0.0605. The Morgan fingerprint density at radius 2 is 1.68 bits per heavy atom. The summed E-state index contributed by atoms with van der Waals surface area (Å²) < 4.78 is 10.5. The highest BCUT2D eigenvalue weighted by molar-refractivity contribution is 6.39. The summed E-state index contributed by atoms with van der Waals surface area (Å²) in [4.78, 5) is 35.7. The Labute approximate surface area is 160 Å². The third-order valence-corrected chi connectivity index (χ3v) is 3.66. The highest BCUT2D eigenvalue weighted by Crippen LogP contribution is 2.34. The molecule has 3 rings (SSSR count). The highest BCUT2D eigenvalue weighted by Gasteiger charge is 2.15. The molecule has 0 aliphatic carbocycles. The van der Waals surface area contributed by atoms with Crippen molar-refractivity contribution >= 4 is 34.8 Å². The number of para-hydroxylation sites is 1. The van der Waals surface area contributed by atoms with E-state index >= 15 is 0 Å². The molecule has 0 atom stereocenters. The standard InChI is InChI=1S/C19H18N4O5/c1-12(22-23-19(26)18(25)21-13-5-3-2-4-6-13)9-17(24)20-14-7-8-15-16(10-14)28-11-27-15/h2-8,10H,9,11H2,1H3,(H,20,24)(H,21,25)(H,23,26)/b22-12-. The van der Waals surface area contributed by atoms with Gasteiger partial charge in [0.15, 0.2) is 11.5 Å². The maximum Gasteiger partial charge on any atom is 0.329 e. The van der Waals surface area contributed by atoms with E-state index in [-0.39, 0.29) is 19.1 Å². The zero-order valence-corrected chi connectivity index (χ0v) is 15.0. The summed E-state index contributed by atoms with van der Waals surface area (Å²) in [5.74, 6) is -0.942. The van der Waals surface area contributed by atoms with Crippen molar-refractivity contribution in [2.45, 2.75) is 13.3 Å². The Morgan fingerprint density at radius 1 is 0.929 bits per heavy atom. The number of anilines is 2. The number of nitrogens with zero attached hydrogens (tertiary/aromatic N) is 1. The lowest BCUT2D eigenvalue weighted by atomic mass is 10.2. The van der Waals surface area contributed by atoms with Crippen molar-refractivity contribution < 1.29 is 23.9 Å². The number of hydrogen-bond donors (Lipinski definition) is 3. The monoisotopic (exact) mass is 382 g/mol. The Hall–Kier alpha value is -3.88. The van der Waals surface area contributed by atoms with Gasteiger partial charge < -0.3 is 20.1 Å². The predicted molar refractivity (Wildman–Crippen MR) is 102 cm³/mol. The summed E-state index contributed by atoms with van der Waals surface area (Å²) in [6.07, 6.45) is -0.0605. The van der Waals surface area contributed by atoms with E-state index in [4.69, 9.17) is 9.47 Å². The molecule has 3 N–H and O–H groups in total. The van der Waals surface area contributed by atoms with Crippen molar-refractivity contribution in [2.24, 2.45) is 5.10 Å². The number of carbonyl (C=O) groups is 3. The van der Waals surface area contributed by atoms with Gasteiger partial charge in [-0.25, -0.2) is 5.43 Å². The molecule has 28 heavy (non-hydrogen) atoms. The first kappa shape index (κ1) is 18.9. The summed E-state index contributed by atoms with van der Waals surface area (Å²) >= 11 is 0. The Bertz CT molecular complexity index is 927. The molecule has 0 saturated heterocycles. The third kappa shape index (κ3) is 5.07. The maximum absolute atomic E-state index is 12.1. The van der Waals surface area contributed by atoms with E-state index in [0.717, 1.165) is 0 Å². The van der Waals surface area contributed by atoms with Gasteiger partial charge in [-0.1, -0.05) is 18.2 Å². The first-order valence-electron chi connectivity index (χ1n) is 8.40. The van der Waals surface area contributed by atoms with Gasteiger partial charge in [0.05, 0.1) is 6.42 Å². The van der Waals surface area contributed by atoms with Crippen molar-refractivity contribution in [1.82, 2.24) is 5.43 Å². The third-order valence-electron chi connectivity index (χ3n) is 3.66. The minimum Gasteiger partial charge on any atom is -0.454 e. The average molecular weight is 382 g/mol. The maximum atomic E-state index is 12.1. The average Bonchev–Trinajstić information content (AvgIpc) is 3.14. The molecule has 2 aromatic carbocycles. The van der Waals surface area contributed by atoms with Crippen LogP contribution in [0.1, 0.15) is 13.3 Å². The van der Waals surface area contributed by atoms with Crippen LogP contribution in [-0.4, -0.2) is 30.2 Å². The summed E-state index contributed by atoms with van der Waals surface area (Å²) in [7, 11) is 0. The fourth-order valence-corrected chi connectivity index (χ4v) is 2.36. The molecule has 1 heterocycles. The number of nitrogens with one attached hydrogen (secondary N) is 3. The van der Waals surface area contributed by atoms with Crippen LogP contribution < -0.4 is 25.5 Å². The number of hydrazone groups is 1. The van der Waals surface area contributed by atoms with Gasteiger partial charge in [0.2, 0.25) is 12.7 Å². The first-order valence-corrected chi connectivity index (χ1v) is 8.40. The summed E-state index contributed by atoms with van der Waals surface area (Å²) in [6, 6.07) is 13.6. The Balaban J connectivity index is 1.47. The predicted octanol–water partition coefficient (Wildman–Crippen LogP) is 1.87. The number of ether oxygens (including phenoxy) is 2. The molecular formula is C19H18N4O5. The van der Waals surface area contributed by atoms with E-state index in [1.54, 1.807) is 55.5 Å². The van der Waals surface area contributed by atoms with Gasteiger partial charge in [-0.15, -0.1) is 0 Å². The molecule has 0 fully saturated rings. The second kappa shape index (κ2) is 8.67. The zero-order chi connectivity index (χ0) is 19.9. The summed E-state index contributed by atoms with van der Waals surface area (Å²) in [5, 5.41) is 8.91. The lowest BCUT2D eigenvalue weighted by Crippen LogP contribution is -2.33. The second-order valence-electron chi connectivity index (χ2n) is 5.90. The van der Waals surface area contributed by atoms with E-state index in [0.29, 0.717) is 28.6 Å². The van der Waals surface area contributed by atoms with Gasteiger partial charge in [0.1, 0.15) is 0 Å². The van der Waals surface area contributed by atoms with Crippen molar-refractivity contribution in [3.8, 4) is 11.5 Å². The van der Waals surface area contributed by atoms with E-state index < -0.39 is 11.8 Å². The van der Waals surface area contributed by atoms with Crippen molar-refractivity contribution in [3.63, 3.8) is 0 Å². The lowest BCUT2D eigenvalue weighted by Gasteiger charge is -2.07. The molecule has 0 saturated carbocycles. The van der Waals surface area contributed by atoms with Crippen LogP contribution in [-0.2, 0) is 14.4 Å². The molecular weight excluding hydrogens is 364 g/mol. The number of carbonyl (C=O) groups excluding carboxylic acids is 3. The molecule has 9 nitrogen and oxygen atoms in total. The second-order valence-corrected chi connectivity index (χ2v) is 5.90. The van der Waals surface area contributed by atoms with Crippen LogP contribution in [0.15, 0.2) is 53.6 Å². The van der Waals surface area contributed by atoms with Crippen LogP contribution in [0.4, 0.5) is 11.4 Å². The molecule has 2 aromatic rings. The molecule has 0 bridgehead atoms. The topological polar surface area (TPSA) is 118 Å². The SMILES string of the molecule is C/C(CC(=O)Nc1ccc2c(c1)OCO2)=N/NC(=O)C(=O)Nc1ccccc1. The van der Waals surface area contributed by atoms with Gasteiger partial charge in [-0.05, 0) is 31.2 Å². The Morgan fingerprint density at radius 3 is 2.46 bits per heavy atom. The molecule has 9 heteroatoms. The van der Waals surface area contributed by atoms with Crippen LogP contribution in [0.25, 0.3) is 0 Å². The Kier molecular flexibility index (Phi) is 5.85. The van der Waals surface area contributed by atoms with Crippen molar-refractivity contribution in [2.75, 3.05) is 17.4 Å². The largest absolute Gasteiger partial charge is 0.454 e. The van der Waals surface area contributed by atoms with Crippen LogP contribution >= 0.6 is 0 Å². The van der Waals surface area contributed by atoms with E-state index in [1.165, 1.54) is 0 Å². The smallest absolute Gasteiger partial charge is 0.329 e. The van der Waals surface area contributed by atoms with E-state index in [9.17, 15) is 14.4 Å². The summed E-state index contributed by atoms with van der Waals surface area (Å²) in [5.41, 5.74) is 3.50. The number of amides is 3. The fourth-order valence-electron chi connectivity index (χ4n) is 2.36. The molecule has 1 aliphatic rings. The summed E-state index contributed by atoms with van der Waals surface area (Å²) in [6.45, 7) is 1.71.